The van der Waals surface area contributed by atoms with Crippen molar-refractivity contribution in [3.8, 4) is 0 Å². The molecule has 1 rings (SSSR count). The van der Waals surface area contributed by atoms with Gasteiger partial charge in [-0.2, -0.15) is 0 Å². The number of benzene rings is 1. The maximum atomic E-state index is 13.1. The van der Waals surface area contributed by atoms with Crippen LogP contribution in [0.4, 0.5) is 4.39 Å². The molecule has 5 heteroatoms. The molecule has 0 N–H and O–H groups in total. The molecule has 2 nitrogen and oxygen atoms in total. The molecule has 13 heavy (non-hydrogen) atoms. The van der Waals surface area contributed by atoms with Gasteiger partial charge in [0.25, 0.3) is 0 Å². The van der Waals surface area contributed by atoms with Crippen LogP contribution in [0.15, 0.2) is 21.5 Å². The first kappa shape index (κ1) is 10.7. The van der Waals surface area contributed by atoms with Crippen LogP contribution in [-0.2, 0) is 9.84 Å². The number of hydrogen-bond donors (Lipinski definition) is 0. The highest BCUT2D eigenvalue weighted by molar-refractivity contribution is 9.10. The summed E-state index contributed by atoms with van der Waals surface area (Å²) < 4.78 is 35.8. The fourth-order valence-corrected chi connectivity index (χ4v) is 2.15. The number of aryl methyl sites for hydroxylation is 1. The molecule has 0 aliphatic rings. The van der Waals surface area contributed by atoms with Crippen LogP contribution in [0, 0.1) is 12.7 Å². The molecule has 0 radical (unpaired) electrons. The van der Waals surface area contributed by atoms with Gasteiger partial charge in [0.1, 0.15) is 10.7 Å². The largest absolute Gasteiger partial charge is 0.224 e. The Morgan fingerprint density at radius 3 is 2.38 bits per heavy atom. The van der Waals surface area contributed by atoms with Crippen molar-refractivity contribution in [3.63, 3.8) is 0 Å². The molecular formula is C8H8BrFO2S. The summed E-state index contributed by atoms with van der Waals surface area (Å²) in [7, 11) is -3.48. The van der Waals surface area contributed by atoms with Crippen molar-refractivity contribution in [2.24, 2.45) is 0 Å². The zero-order valence-corrected chi connectivity index (χ0v) is 9.54. The van der Waals surface area contributed by atoms with E-state index in [4.69, 9.17) is 0 Å². The van der Waals surface area contributed by atoms with E-state index in [9.17, 15) is 12.8 Å². The van der Waals surface area contributed by atoms with Crippen LogP contribution in [0.2, 0.25) is 0 Å². The smallest absolute Gasteiger partial charge is 0.178 e. The molecule has 72 valence electrons. The average molecular weight is 267 g/mol. The van der Waals surface area contributed by atoms with Gasteiger partial charge in [0, 0.05) is 10.7 Å². The Labute approximate surface area is 84.8 Å². The van der Waals surface area contributed by atoms with E-state index in [-0.39, 0.29) is 4.90 Å². The molecule has 0 saturated carbocycles. The van der Waals surface area contributed by atoms with Crippen molar-refractivity contribution in [2.45, 2.75) is 11.8 Å². The molecule has 0 atom stereocenters. The zero-order chi connectivity index (χ0) is 10.2. The molecule has 0 spiro atoms. The summed E-state index contributed by atoms with van der Waals surface area (Å²) in [6.07, 6.45) is 0.979. The first-order valence-electron chi connectivity index (χ1n) is 3.48. The van der Waals surface area contributed by atoms with E-state index in [1.54, 1.807) is 6.92 Å². The topological polar surface area (TPSA) is 34.1 Å². The number of sulfone groups is 1. The minimum atomic E-state index is -3.48. The summed E-state index contributed by atoms with van der Waals surface area (Å²) in [6.45, 7) is 1.69. The Bertz CT molecular complexity index is 440. The quantitative estimate of drug-likeness (QED) is 0.782. The molecular weight excluding hydrogens is 259 g/mol. The van der Waals surface area contributed by atoms with Gasteiger partial charge in [0.2, 0.25) is 0 Å². The Hall–Kier alpha value is -0.420. The van der Waals surface area contributed by atoms with Crippen molar-refractivity contribution in [2.75, 3.05) is 6.26 Å². The van der Waals surface area contributed by atoms with Crippen molar-refractivity contribution >= 4 is 25.8 Å². The highest BCUT2D eigenvalue weighted by atomic mass is 79.9. The van der Waals surface area contributed by atoms with Crippen LogP contribution in [0.1, 0.15) is 5.56 Å². The molecule has 0 unspecified atom stereocenters. The van der Waals surface area contributed by atoms with Gasteiger partial charge in [-0.15, -0.1) is 0 Å². The lowest BCUT2D eigenvalue weighted by atomic mass is 10.2. The van der Waals surface area contributed by atoms with Crippen LogP contribution in [0.5, 0.6) is 0 Å². The predicted molar refractivity (Wildman–Crippen MR) is 51.9 cm³/mol. The van der Waals surface area contributed by atoms with E-state index in [1.165, 1.54) is 12.1 Å². The van der Waals surface area contributed by atoms with Crippen LogP contribution in [0.25, 0.3) is 0 Å². The van der Waals surface area contributed by atoms with E-state index in [1.807, 2.05) is 0 Å². The molecule has 0 aliphatic heterocycles. The molecule has 0 bridgehead atoms. The second-order valence-electron chi connectivity index (χ2n) is 2.80. The molecule has 0 amide bonds. The molecule has 0 saturated heterocycles. The summed E-state index contributed by atoms with van der Waals surface area (Å²) in [6, 6.07) is 2.47. The molecule has 0 heterocycles. The third-order valence-corrected chi connectivity index (χ3v) is 3.58. The van der Waals surface area contributed by atoms with Gasteiger partial charge in [-0.05, 0) is 24.6 Å². The van der Waals surface area contributed by atoms with Crippen molar-refractivity contribution < 1.29 is 12.8 Å². The van der Waals surface area contributed by atoms with Crippen LogP contribution >= 0.6 is 15.9 Å². The second kappa shape index (κ2) is 3.38. The summed E-state index contributed by atoms with van der Waals surface area (Å²) >= 11 is 3.14. The Kier molecular flexibility index (Phi) is 2.77. The highest BCUT2D eigenvalue weighted by Gasteiger charge is 2.14. The van der Waals surface area contributed by atoms with Gasteiger partial charge in [-0.25, -0.2) is 12.8 Å². The van der Waals surface area contributed by atoms with Crippen molar-refractivity contribution in [1.29, 1.82) is 0 Å². The molecule has 0 aliphatic carbocycles. The van der Waals surface area contributed by atoms with Gasteiger partial charge in [-0.3, -0.25) is 0 Å². The van der Waals surface area contributed by atoms with Crippen LogP contribution in [-0.4, -0.2) is 14.7 Å². The monoisotopic (exact) mass is 266 g/mol. The zero-order valence-electron chi connectivity index (χ0n) is 7.14. The standard InChI is InChI=1S/C8H8BrFO2S/c1-5-3-7(10)8(4-6(5)9)13(2,11)12/h3-4H,1-2H3. The van der Waals surface area contributed by atoms with Gasteiger partial charge in [-0.1, -0.05) is 15.9 Å². The van der Waals surface area contributed by atoms with E-state index < -0.39 is 15.7 Å². The summed E-state index contributed by atoms with van der Waals surface area (Å²) in [4.78, 5) is -0.273. The second-order valence-corrected chi connectivity index (χ2v) is 5.64. The molecule has 0 aromatic heterocycles. The van der Waals surface area contributed by atoms with Gasteiger partial charge in [0.05, 0.1) is 0 Å². The normalized spacial score (nSPS) is 11.7. The molecule has 1 aromatic carbocycles. The van der Waals surface area contributed by atoms with E-state index >= 15 is 0 Å². The van der Waals surface area contributed by atoms with E-state index in [2.05, 4.69) is 15.9 Å². The SMILES string of the molecule is Cc1cc(F)c(S(C)(=O)=O)cc1Br. The minimum Gasteiger partial charge on any atom is -0.224 e. The molecule has 1 aromatic rings. The number of hydrogen-bond acceptors (Lipinski definition) is 2. The fourth-order valence-electron chi connectivity index (χ4n) is 0.912. The first-order valence-corrected chi connectivity index (χ1v) is 6.16. The fraction of sp³-hybridized carbons (Fsp3) is 0.250. The van der Waals surface area contributed by atoms with Crippen molar-refractivity contribution in [3.05, 3.63) is 28.0 Å². The number of rotatable bonds is 1. The number of halogens is 2. The van der Waals surface area contributed by atoms with E-state index in [0.29, 0.717) is 10.0 Å². The summed E-state index contributed by atoms with van der Waals surface area (Å²) in [5, 5.41) is 0. The lowest BCUT2D eigenvalue weighted by Crippen LogP contribution is -2.01. The summed E-state index contributed by atoms with van der Waals surface area (Å²) in [5.41, 5.74) is 0.671. The third kappa shape index (κ3) is 2.28. The van der Waals surface area contributed by atoms with Gasteiger partial charge < -0.3 is 0 Å². The lowest BCUT2D eigenvalue weighted by Gasteiger charge is -2.03. The Balaban J connectivity index is 3.50. The van der Waals surface area contributed by atoms with E-state index in [0.717, 1.165) is 6.26 Å². The van der Waals surface area contributed by atoms with Crippen LogP contribution < -0.4 is 0 Å². The predicted octanol–water partition coefficient (Wildman–Crippen LogP) is 2.30. The maximum Gasteiger partial charge on any atom is 0.178 e. The van der Waals surface area contributed by atoms with Gasteiger partial charge >= 0.3 is 0 Å². The average Bonchev–Trinajstić information content (AvgIpc) is 1.94. The van der Waals surface area contributed by atoms with Crippen molar-refractivity contribution in [1.82, 2.24) is 0 Å². The lowest BCUT2D eigenvalue weighted by molar-refractivity contribution is 0.569. The first-order chi connectivity index (χ1) is 5.82. The maximum absolute atomic E-state index is 13.1. The summed E-state index contributed by atoms with van der Waals surface area (Å²) in [5.74, 6) is -0.705. The minimum absolute atomic E-state index is 0.273. The Morgan fingerprint density at radius 1 is 1.38 bits per heavy atom. The third-order valence-electron chi connectivity index (χ3n) is 1.61. The Morgan fingerprint density at radius 2 is 1.92 bits per heavy atom. The highest BCUT2D eigenvalue weighted by Crippen LogP contribution is 2.23. The van der Waals surface area contributed by atoms with Crippen LogP contribution in [0.3, 0.4) is 0 Å². The molecule has 0 fully saturated rings. The van der Waals surface area contributed by atoms with Gasteiger partial charge in [0.15, 0.2) is 9.84 Å².